The summed E-state index contributed by atoms with van der Waals surface area (Å²) >= 11 is 3.47. The molecule has 4 heteroatoms. The number of likely N-dealkylation sites (tertiary alicyclic amines) is 1. The van der Waals surface area contributed by atoms with Crippen molar-refractivity contribution < 1.29 is 9.53 Å². The molecule has 0 bridgehead atoms. The van der Waals surface area contributed by atoms with Crippen LogP contribution in [0.15, 0.2) is 53.0 Å². The quantitative estimate of drug-likeness (QED) is 0.793. The number of piperidine rings is 1. The van der Waals surface area contributed by atoms with E-state index in [2.05, 4.69) is 40.2 Å². The Morgan fingerprint density at radius 3 is 2.48 bits per heavy atom. The molecule has 23 heavy (non-hydrogen) atoms. The van der Waals surface area contributed by atoms with Crippen molar-refractivity contribution in [1.29, 1.82) is 0 Å². The highest BCUT2D eigenvalue weighted by Gasteiger charge is 2.25. The van der Waals surface area contributed by atoms with Crippen molar-refractivity contribution in [2.45, 2.75) is 18.8 Å². The molecule has 0 aliphatic carbocycles. The maximum absolute atomic E-state index is 12.8. The fraction of sp³-hybridized carbons (Fsp3) is 0.316. The fourth-order valence-corrected chi connectivity index (χ4v) is 3.52. The van der Waals surface area contributed by atoms with Crippen molar-refractivity contribution in [3.63, 3.8) is 0 Å². The molecule has 1 fully saturated rings. The maximum atomic E-state index is 12.8. The van der Waals surface area contributed by atoms with Gasteiger partial charge in [0.15, 0.2) is 0 Å². The summed E-state index contributed by atoms with van der Waals surface area (Å²) in [5.41, 5.74) is 2.05. The molecular formula is C19H20BrNO2. The van der Waals surface area contributed by atoms with E-state index >= 15 is 0 Å². The molecule has 3 nitrogen and oxygen atoms in total. The molecule has 1 aliphatic heterocycles. The third-order valence-corrected chi connectivity index (χ3v) is 5.15. The zero-order valence-corrected chi connectivity index (χ0v) is 14.8. The summed E-state index contributed by atoms with van der Waals surface area (Å²) in [6.07, 6.45) is 2.02. The number of carbonyl (C=O) groups excluding carboxylic acids is 1. The van der Waals surface area contributed by atoms with Gasteiger partial charge in [-0.1, -0.05) is 30.3 Å². The number of hydrogen-bond acceptors (Lipinski definition) is 2. The minimum atomic E-state index is 0.0716. The molecule has 1 heterocycles. The number of rotatable bonds is 3. The summed E-state index contributed by atoms with van der Waals surface area (Å²) in [5, 5.41) is 0. The summed E-state index contributed by atoms with van der Waals surface area (Å²) < 4.78 is 6.04. The molecule has 1 amide bonds. The van der Waals surface area contributed by atoms with E-state index in [4.69, 9.17) is 4.74 Å². The number of hydrogen-bond donors (Lipinski definition) is 0. The predicted molar refractivity (Wildman–Crippen MR) is 95.0 cm³/mol. The molecule has 1 aliphatic rings. The average molecular weight is 374 g/mol. The van der Waals surface area contributed by atoms with Crippen LogP contribution in [0.3, 0.4) is 0 Å². The Labute approximate surface area is 145 Å². The van der Waals surface area contributed by atoms with Gasteiger partial charge in [0.05, 0.1) is 12.7 Å². The zero-order chi connectivity index (χ0) is 16.2. The van der Waals surface area contributed by atoms with Gasteiger partial charge in [0.2, 0.25) is 0 Å². The van der Waals surface area contributed by atoms with Crippen LogP contribution in [0, 0.1) is 0 Å². The molecule has 0 spiro atoms. The Morgan fingerprint density at radius 2 is 1.83 bits per heavy atom. The Morgan fingerprint density at radius 1 is 1.13 bits per heavy atom. The van der Waals surface area contributed by atoms with Crippen molar-refractivity contribution >= 4 is 21.8 Å². The van der Waals surface area contributed by atoms with Gasteiger partial charge in [-0.3, -0.25) is 4.79 Å². The van der Waals surface area contributed by atoms with Crippen LogP contribution in [-0.4, -0.2) is 31.0 Å². The summed E-state index contributed by atoms with van der Waals surface area (Å²) in [6.45, 7) is 1.59. The number of halogens is 1. The molecule has 0 aromatic heterocycles. The first-order valence-electron chi connectivity index (χ1n) is 7.87. The van der Waals surface area contributed by atoms with Crippen LogP contribution in [0.4, 0.5) is 0 Å². The Bertz CT molecular complexity index is 679. The number of benzene rings is 2. The van der Waals surface area contributed by atoms with Gasteiger partial charge in [-0.05, 0) is 58.5 Å². The number of methoxy groups -OCH3 is 1. The van der Waals surface area contributed by atoms with Gasteiger partial charge in [0.25, 0.3) is 5.91 Å². The number of amides is 1. The first-order valence-corrected chi connectivity index (χ1v) is 8.66. The van der Waals surface area contributed by atoms with Crippen molar-refractivity contribution in [2.24, 2.45) is 0 Å². The van der Waals surface area contributed by atoms with Crippen LogP contribution in [0.25, 0.3) is 0 Å². The lowest BCUT2D eigenvalue weighted by Gasteiger charge is -2.32. The standard InChI is InChI=1S/C19H20BrNO2/c1-23-16-7-8-18(20)17(13-16)19(22)21-11-9-15(10-12-21)14-5-3-2-4-6-14/h2-8,13,15H,9-12H2,1H3. The first kappa shape index (κ1) is 16.1. The maximum Gasteiger partial charge on any atom is 0.255 e. The minimum absolute atomic E-state index is 0.0716. The fourth-order valence-electron chi connectivity index (χ4n) is 3.11. The van der Waals surface area contributed by atoms with Crippen molar-refractivity contribution in [3.05, 3.63) is 64.1 Å². The first-order chi connectivity index (χ1) is 11.2. The Hall–Kier alpha value is -1.81. The van der Waals surface area contributed by atoms with Gasteiger partial charge in [-0.2, -0.15) is 0 Å². The summed E-state index contributed by atoms with van der Waals surface area (Å²) in [5.74, 6) is 1.33. The van der Waals surface area contributed by atoms with Crippen LogP contribution in [0.1, 0.15) is 34.7 Å². The van der Waals surface area contributed by atoms with E-state index in [1.54, 1.807) is 13.2 Å². The van der Waals surface area contributed by atoms with E-state index < -0.39 is 0 Å². The van der Waals surface area contributed by atoms with E-state index in [1.165, 1.54) is 5.56 Å². The third-order valence-electron chi connectivity index (χ3n) is 4.46. The molecule has 1 saturated heterocycles. The molecule has 0 atom stereocenters. The topological polar surface area (TPSA) is 29.5 Å². The third kappa shape index (κ3) is 3.58. The smallest absolute Gasteiger partial charge is 0.255 e. The second-order valence-corrected chi connectivity index (χ2v) is 6.68. The molecule has 0 radical (unpaired) electrons. The van der Waals surface area contributed by atoms with Gasteiger partial charge in [-0.15, -0.1) is 0 Å². The highest BCUT2D eigenvalue weighted by atomic mass is 79.9. The second-order valence-electron chi connectivity index (χ2n) is 5.82. The van der Waals surface area contributed by atoms with Gasteiger partial charge in [0, 0.05) is 17.6 Å². The van der Waals surface area contributed by atoms with Crippen LogP contribution in [0.5, 0.6) is 5.75 Å². The lowest BCUT2D eigenvalue weighted by atomic mass is 9.89. The Balaban J connectivity index is 1.69. The van der Waals surface area contributed by atoms with E-state index in [-0.39, 0.29) is 5.91 Å². The highest BCUT2D eigenvalue weighted by Crippen LogP contribution is 2.30. The highest BCUT2D eigenvalue weighted by molar-refractivity contribution is 9.10. The normalized spacial score (nSPS) is 15.5. The molecule has 0 unspecified atom stereocenters. The lowest BCUT2D eigenvalue weighted by Crippen LogP contribution is -2.38. The number of ether oxygens (including phenoxy) is 1. The van der Waals surface area contributed by atoms with Gasteiger partial charge >= 0.3 is 0 Å². The van der Waals surface area contributed by atoms with Crippen molar-refractivity contribution in [1.82, 2.24) is 4.90 Å². The largest absolute Gasteiger partial charge is 0.497 e. The van der Waals surface area contributed by atoms with Crippen molar-refractivity contribution in [2.75, 3.05) is 20.2 Å². The molecule has 3 rings (SSSR count). The molecule has 2 aromatic carbocycles. The molecule has 2 aromatic rings. The monoisotopic (exact) mass is 373 g/mol. The molecule has 120 valence electrons. The van der Waals surface area contributed by atoms with Crippen molar-refractivity contribution in [3.8, 4) is 5.75 Å². The van der Waals surface area contributed by atoms with Gasteiger partial charge < -0.3 is 9.64 Å². The average Bonchev–Trinajstić information content (AvgIpc) is 2.62. The number of carbonyl (C=O) groups is 1. The Kier molecular flexibility index (Phi) is 5.01. The second kappa shape index (κ2) is 7.18. The minimum Gasteiger partial charge on any atom is -0.497 e. The number of nitrogens with zero attached hydrogens (tertiary/aromatic N) is 1. The van der Waals surface area contributed by atoms with E-state index in [9.17, 15) is 4.79 Å². The zero-order valence-electron chi connectivity index (χ0n) is 13.2. The summed E-state index contributed by atoms with van der Waals surface area (Å²) in [7, 11) is 1.61. The van der Waals surface area contributed by atoms with Gasteiger partial charge in [0.1, 0.15) is 5.75 Å². The molecular weight excluding hydrogens is 354 g/mol. The van der Waals surface area contributed by atoms with Crippen LogP contribution < -0.4 is 4.74 Å². The van der Waals surface area contributed by atoms with Crippen LogP contribution >= 0.6 is 15.9 Å². The predicted octanol–water partition coefficient (Wildman–Crippen LogP) is 4.48. The van der Waals surface area contributed by atoms with E-state index in [0.717, 1.165) is 30.4 Å². The van der Waals surface area contributed by atoms with E-state index in [1.807, 2.05) is 23.1 Å². The summed E-state index contributed by atoms with van der Waals surface area (Å²) in [4.78, 5) is 14.7. The van der Waals surface area contributed by atoms with E-state index in [0.29, 0.717) is 17.2 Å². The molecule has 0 saturated carbocycles. The SMILES string of the molecule is COc1ccc(Br)c(C(=O)N2CCC(c3ccccc3)CC2)c1. The molecule has 0 N–H and O–H groups in total. The van der Waals surface area contributed by atoms with Gasteiger partial charge in [-0.25, -0.2) is 0 Å². The lowest BCUT2D eigenvalue weighted by molar-refractivity contribution is 0.0711. The summed E-state index contributed by atoms with van der Waals surface area (Å²) in [6, 6.07) is 16.1. The van der Waals surface area contributed by atoms with Crippen LogP contribution in [-0.2, 0) is 0 Å². The van der Waals surface area contributed by atoms with Crippen LogP contribution in [0.2, 0.25) is 0 Å².